The smallest absolute Gasteiger partial charge is 0.416 e. The number of benzene rings is 2. The van der Waals surface area contributed by atoms with E-state index in [-0.39, 0.29) is 17.9 Å². The molecule has 0 N–H and O–H groups in total. The van der Waals surface area contributed by atoms with Gasteiger partial charge in [0, 0.05) is 38.3 Å². The number of alkyl halides is 3. The molecular formula is C24H25F5N3O-. The minimum absolute atomic E-state index is 0.0724. The molecule has 2 saturated heterocycles. The molecule has 1 aliphatic carbocycles. The molecule has 3 fully saturated rings. The Bertz CT molecular complexity index is 996. The van der Waals surface area contributed by atoms with E-state index < -0.39 is 17.6 Å². The number of anilines is 1. The standard InChI is InChI=1S/C24H25F5N3O/c25-21-3-1-16(24(27,28)29)9-15(21)12-31-13-19-18(20(19)14-31)11-30-17-2-4-23(22(26)10-17)32-5-7-33-8-6-32/h1-4,9-10,18-20H,5-8,11-14H2/q-1. The van der Waals surface area contributed by atoms with Crippen LogP contribution in [0.3, 0.4) is 0 Å². The predicted molar refractivity (Wildman–Crippen MR) is 114 cm³/mol. The van der Waals surface area contributed by atoms with Gasteiger partial charge < -0.3 is 15.0 Å². The number of hydrogen-bond donors (Lipinski definition) is 0. The summed E-state index contributed by atoms with van der Waals surface area (Å²) in [5.74, 6) is 0.288. The second kappa shape index (κ2) is 8.76. The number of rotatable bonds is 6. The lowest BCUT2D eigenvalue weighted by Crippen LogP contribution is -2.36. The van der Waals surface area contributed by atoms with E-state index in [0.29, 0.717) is 75.1 Å². The third-order valence-electron chi connectivity index (χ3n) is 6.98. The first kappa shape index (κ1) is 22.4. The Morgan fingerprint density at radius 1 is 0.939 bits per heavy atom. The van der Waals surface area contributed by atoms with Crippen LogP contribution in [0.2, 0.25) is 0 Å². The van der Waals surface area contributed by atoms with Gasteiger partial charge in [0.15, 0.2) is 0 Å². The number of likely N-dealkylation sites (tertiary alicyclic amines) is 1. The Balaban J connectivity index is 1.12. The Morgan fingerprint density at radius 3 is 2.33 bits per heavy atom. The molecule has 178 valence electrons. The van der Waals surface area contributed by atoms with Gasteiger partial charge >= 0.3 is 6.18 Å². The van der Waals surface area contributed by atoms with Crippen LogP contribution in [0.15, 0.2) is 36.4 Å². The highest BCUT2D eigenvalue weighted by Gasteiger charge is 2.53. The zero-order valence-electron chi connectivity index (χ0n) is 18.0. The number of fused-ring (bicyclic) bond motifs is 1. The van der Waals surface area contributed by atoms with Crippen molar-refractivity contribution in [3.63, 3.8) is 0 Å². The summed E-state index contributed by atoms with van der Waals surface area (Å²) in [5, 5.41) is 4.57. The van der Waals surface area contributed by atoms with E-state index in [2.05, 4.69) is 5.32 Å². The number of halogens is 5. The summed E-state index contributed by atoms with van der Waals surface area (Å²) < 4.78 is 72.7. The lowest BCUT2D eigenvalue weighted by Gasteiger charge is -2.30. The van der Waals surface area contributed by atoms with Crippen LogP contribution < -0.4 is 4.90 Å². The Labute approximate surface area is 189 Å². The lowest BCUT2D eigenvalue weighted by atomic mass is 10.1. The van der Waals surface area contributed by atoms with Crippen LogP contribution in [0, 0.1) is 29.4 Å². The summed E-state index contributed by atoms with van der Waals surface area (Å²) in [6.45, 7) is 4.70. The molecule has 0 aromatic heterocycles. The van der Waals surface area contributed by atoms with E-state index in [1.807, 2.05) is 15.9 Å². The third kappa shape index (κ3) is 4.80. The Hall–Kier alpha value is -2.39. The average Bonchev–Trinajstić information content (AvgIpc) is 3.24. The first-order valence-electron chi connectivity index (χ1n) is 11.2. The summed E-state index contributed by atoms with van der Waals surface area (Å²) in [6, 6.07) is 7.62. The molecule has 3 aliphatic rings. The first-order chi connectivity index (χ1) is 15.8. The molecule has 5 rings (SSSR count). The molecule has 4 nitrogen and oxygen atoms in total. The number of nitrogens with zero attached hydrogens (tertiary/aromatic N) is 3. The van der Waals surface area contributed by atoms with Crippen LogP contribution in [-0.4, -0.2) is 50.8 Å². The summed E-state index contributed by atoms with van der Waals surface area (Å²) in [5.41, 5.74) is 0.422. The molecule has 9 heteroatoms. The second-order valence-electron chi connectivity index (χ2n) is 9.07. The van der Waals surface area contributed by atoms with Crippen LogP contribution in [-0.2, 0) is 17.5 Å². The Kier molecular flexibility index (Phi) is 5.95. The average molecular weight is 466 g/mol. The quantitative estimate of drug-likeness (QED) is 0.548. The zero-order valence-corrected chi connectivity index (χ0v) is 18.0. The zero-order chi connectivity index (χ0) is 23.2. The van der Waals surface area contributed by atoms with Gasteiger partial charge in [-0.05, 0) is 48.1 Å². The molecule has 0 bridgehead atoms. The van der Waals surface area contributed by atoms with Gasteiger partial charge in [0.2, 0.25) is 0 Å². The summed E-state index contributed by atoms with van der Waals surface area (Å²) in [6.07, 6.45) is -4.48. The fourth-order valence-electron chi connectivity index (χ4n) is 5.12. The van der Waals surface area contributed by atoms with E-state index in [1.54, 1.807) is 6.07 Å². The van der Waals surface area contributed by atoms with Gasteiger partial charge in [-0.1, -0.05) is 6.07 Å². The summed E-state index contributed by atoms with van der Waals surface area (Å²) >= 11 is 0. The minimum Gasteiger partial charge on any atom is -0.684 e. The Morgan fingerprint density at radius 2 is 1.67 bits per heavy atom. The van der Waals surface area contributed by atoms with Crippen molar-refractivity contribution >= 4 is 11.4 Å². The maximum Gasteiger partial charge on any atom is 0.416 e. The molecule has 1 saturated carbocycles. The van der Waals surface area contributed by atoms with Crippen LogP contribution in [0.5, 0.6) is 0 Å². The molecule has 2 aromatic carbocycles. The van der Waals surface area contributed by atoms with E-state index in [0.717, 1.165) is 18.2 Å². The molecule has 2 aliphatic heterocycles. The molecular weight excluding hydrogens is 441 g/mol. The highest BCUT2D eigenvalue weighted by Crippen LogP contribution is 2.53. The maximum atomic E-state index is 14.5. The molecule has 2 aromatic rings. The number of hydrogen-bond acceptors (Lipinski definition) is 3. The second-order valence-corrected chi connectivity index (χ2v) is 9.07. The molecule has 33 heavy (non-hydrogen) atoms. The van der Waals surface area contributed by atoms with E-state index in [9.17, 15) is 22.0 Å². The fourth-order valence-corrected chi connectivity index (χ4v) is 5.12. The number of ether oxygens (including phenoxy) is 1. The van der Waals surface area contributed by atoms with Gasteiger partial charge in [-0.15, -0.1) is 12.2 Å². The van der Waals surface area contributed by atoms with Crippen LogP contribution in [0.1, 0.15) is 11.1 Å². The molecule has 2 atom stereocenters. The van der Waals surface area contributed by atoms with E-state index in [1.165, 1.54) is 6.07 Å². The number of morpholine rings is 1. The van der Waals surface area contributed by atoms with Crippen molar-refractivity contribution < 1.29 is 26.7 Å². The molecule has 0 amide bonds. The minimum atomic E-state index is -4.48. The van der Waals surface area contributed by atoms with Gasteiger partial charge in [0.1, 0.15) is 11.6 Å². The van der Waals surface area contributed by atoms with Crippen molar-refractivity contribution in [2.45, 2.75) is 12.7 Å². The molecule has 0 spiro atoms. The third-order valence-corrected chi connectivity index (χ3v) is 6.98. The van der Waals surface area contributed by atoms with Crippen molar-refractivity contribution in [3.05, 3.63) is 64.5 Å². The van der Waals surface area contributed by atoms with E-state index >= 15 is 0 Å². The van der Waals surface area contributed by atoms with Crippen molar-refractivity contribution in [3.8, 4) is 0 Å². The molecule has 0 radical (unpaired) electrons. The van der Waals surface area contributed by atoms with Gasteiger partial charge in [-0.2, -0.15) is 13.2 Å². The largest absolute Gasteiger partial charge is 0.684 e. The van der Waals surface area contributed by atoms with Crippen molar-refractivity contribution in [1.29, 1.82) is 0 Å². The van der Waals surface area contributed by atoms with Crippen LogP contribution in [0.25, 0.3) is 5.32 Å². The van der Waals surface area contributed by atoms with Crippen molar-refractivity contribution in [2.24, 2.45) is 17.8 Å². The normalized spacial score (nSPS) is 25.2. The highest BCUT2D eigenvalue weighted by atomic mass is 19.4. The molecule has 2 unspecified atom stereocenters. The first-order valence-corrected chi connectivity index (χ1v) is 11.2. The van der Waals surface area contributed by atoms with Crippen LogP contribution >= 0.6 is 0 Å². The highest BCUT2D eigenvalue weighted by molar-refractivity contribution is 5.58. The topological polar surface area (TPSA) is 29.8 Å². The lowest BCUT2D eigenvalue weighted by molar-refractivity contribution is -0.137. The van der Waals surface area contributed by atoms with Crippen molar-refractivity contribution in [2.75, 3.05) is 50.8 Å². The van der Waals surface area contributed by atoms with Crippen LogP contribution in [0.4, 0.5) is 33.3 Å². The molecule has 2 heterocycles. The SMILES string of the molecule is Fc1ccc(C(F)(F)F)cc1CN1CC2C(C[N-]c3ccc(N4CCOCC4)c(F)c3)C2C1. The van der Waals surface area contributed by atoms with Gasteiger partial charge in [0.25, 0.3) is 0 Å². The predicted octanol–water partition coefficient (Wildman–Crippen LogP) is 5.20. The van der Waals surface area contributed by atoms with Gasteiger partial charge in [-0.25, -0.2) is 8.78 Å². The van der Waals surface area contributed by atoms with Crippen molar-refractivity contribution in [1.82, 2.24) is 4.90 Å². The number of piperidine rings is 1. The summed E-state index contributed by atoms with van der Waals surface area (Å²) in [4.78, 5) is 3.97. The van der Waals surface area contributed by atoms with Gasteiger partial charge in [-0.3, -0.25) is 4.90 Å². The summed E-state index contributed by atoms with van der Waals surface area (Å²) in [7, 11) is 0. The maximum absolute atomic E-state index is 14.5. The fraction of sp³-hybridized carbons (Fsp3) is 0.500. The van der Waals surface area contributed by atoms with Gasteiger partial charge in [0.05, 0.1) is 24.5 Å². The van der Waals surface area contributed by atoms with E-state index in [4.69, 9.17) is 4.74 Å². The monoisotopic (exact) mass is 466 g/mol.